The Morgan fingerprint density at radius 1 is 1.33 bits per heavy atom. The molecule has 1 nitrogen and oxygen atoms in total. The smallest absolute Gasteiger partial charge is 0.0603 e. The Hall–Kier alpha value is -0.200. The standard InChI is InChI=1S/C10H17NS/c1-2-3-9-4-6-10(7-5-9)11-8-12/h9-10H,2-7H2,1H3. The number of aliphatic imine (C=N–C) groups is 1. The largest absolute Gasteiger partial charge is 0.229 e. The first-order chi connectivity index (χ1) is 5.86. The lowest BCUT2D eigenvalue weighted by Crippen LogP contribution is -2.16. The second kappa shape index (κ2) is 5.45. The number of nitrogens with zero attached hydrogens (tertiary/aromatic N) is 1. The van der Waals surface area contributed by atoms with Crippen LogP contribution in [0.2, 0.25) is 0 Å². The molecule has 2 heteroatoms. The van der Waals surface area contributed by atoms with Crippen molar-refractivity contribution in [2.45, 2.75) is 51.5 Å². The molecule has 0 unspecified atom stereocenters. The fraction of sp³-hybridized carbons (Fsp3) is 0.900. The van der Waals surface area contributed by atoms with Gasteiger partial charge in [0, 0.05) is 0 Å². The monoisotopic (exact) mass is 183 g/mol. The van der Waals surface area contributed by atoms with Crippen molar-refractivity contribution in [1.29, 1.82) is 0 Å². The third-order valence-electron chi connectivity index (χ3n) is 2.75. The van der Waals surface area contributed by atoms with Gasteiger partial charge in [0.2, 0.25) is 0 Å². The molecule has 1 aliphatic rings. The van der Waals surface area contributed by atoms with Gasteiger partial charge in [0.25, 0.3) is 0 Å². The van der Waals surface area contributed by atoms with Crippen LogP contribution in [-0.4, -0.2) is 11.2 Å². The van der Waals surface area contributed by atoms with Crippen LogP contribution in [0, 0.1) is 5.92 Å². The van der Waals surface area contributed by atoms with Gasteiger partial charge in [-0.1, -0.05) is 19.8 Å². The predicted octanol–water partition coefficient (Wildman–Crippen LogP) is 3.45. The Bertz CT molecular complexity index is 165. The van der Waals surface area contributed by atoms with E-state index in [2.05, 4.69) is 29.3 Å². The number of thiocarbonyl (C=S) groups is 1. The molecule has 0 saturated heterocycles. The lowest BCUT2D eigenvalue weighted by Gasteiger charge is -2.24. The Morgan fingerprint density at radius 3 is 2.50 bits per heavy atom. The maximum Gasteiger partial charge on any atom is 0.0603 e. The maximum atomic E-state index is 4.60. The molecule has 0 aromatic rings. The minimum Gasteiger partial charge on any atom is -0.229 e. The van der Waals surface area contributed by atoms with Gasteiger partial charge in [-0.25, -0.2) is 4.99 Å². The Labute approximate surface area is 80.3 Å². The second-order valence-corrected chi connectivity index (χ2v) is 3.87. The molecule has 0 aromatic carbocycles. The van der Waals surface area contributed by atoms with Crippen molar-refractivity contribution in [2.24, 2.45) is 10.9 Å². The zero-order valence-electron chi connectivity index (χ0n) is 7.75. The number of hydrogen-bond acceptors (Lipinski definition) is 2. The van der Waals surface area contributed by atoms with E-state index in [4.69, 9.17) is 0 Å². The fourth-order valence-electron chi connectivity index (χ4n) is 2.05. The molecule has 1 rings (SSSR count). The van der Waals surface area contributed by atoms with Gasteiger partial charge >= 0.3 is 0 Å². The zero-order chi connectivity index (χ0) is 8.81. The summed E-state index contributed by atoms with van der Waals surface area (Å²) in [6.07, 6.45) is 7.88. The summed E-state index contributed by atoms with van der Waals surface area (Å²) >= 11 is 4.60. The average molecular weight is 183 g/mol. The molecule has 0 aliphatic heterocycles. The highest BCUT2D eigenvalue weighted by Crippen LogP contribution is 2.28. The van der Waals surface area contributed by atoms with Crippen LogP contribution in [0.25, 0.3) is 0 Å². The first-order valence-corrected chi connectivity index (χ1v) is 5.34. The van der Waals surface area contributed by atoms with E-state index in [0.29, 0.717) is 6.04 Å². The highest BCUT2D eigenvalue weighted by molar-refractivity contribution is 7.78. The zero-order valence-corrected chi connectivity index (χ0v) is 8.57. The Kier molecular flexibility index (Phi) is 4.49. The molecule has 0 radical (unpaired) electrons. The Morgan fingerprint density at radius 2 is 2.00 bits per heavy atom. The molecule has 0 amide bonds. The van der Waals surface area contributed by atoms with Crippen molar-refractivity contribution in [3.05, 3.63) is 0 Å². The maximum absolute atomic E-state index is 4.60. The van der Waals surface area contributed by atoms with Crippen LogP contribution in [0.5, 0.6) is 0 Å². The first kappa shape index (κ1) is 9.88. The van der Waals surface area contributed by atoms with E-state index < -0.39 is 0 Å². The minimum absolute atomic E-state index is 0.496. The molecule has 1 fully saturated rings. The summed E-state index contributed by atoms with van der Waals surface area (Å²) in [5.74, 6) is 0.964. The van der Waals surface area contributed by atoms with E-state index in [9.17, 15) is 0 Å². The summed E-state index contributed by atoms with van der Waals surface area (Å²) in [7, 11) is 0. The summed E-state index contributed by atoms with van der Waals surface area (Å²) < 4.78 is 0. The number of hydrogen-bond donors (Lipinski definition) is 0. The average Bonchev–Trinajstić information content (AvgIpc) is 2.09. The molecule has 0 heterocycles. The summed E-state index contributed by atoms with van der Waals surface area (Å²) in [4.78, 5) is 4.14. The van der Waals surface area contributed by atoms with Gasteiger partial charge in [0.05, 0.1) is 11.2 Å². The van der Waals surface area contributed by atoms with Crippen molar-refractivity contribution >= 4 is 17.4 Å². The van der Waals surface area contributed by atoms with E-state index >= 15 is 0 Å². The van der Waals surface area contributed by atoms with Gasteiger partial charge in [0.1, 0.15) is 0 Å². The van der Waals surface area contributed by atoms with Gasteiger partial charge in [0.15, 0.2) is 0 Å². The number of rotatable bonds is 3. The van der Waals surface area contributed by atoms with Crippen LogP contribution in [-0.2, 0) is 0 Å². The third-order valence-corrected chi connectivity index (χ3v) is 2.85. The third kappa shape index (κ3) is 3.04. The quantitative estimate of drug-likeness (QED) is 0.482. The molecule has 0 bridgehead atoms. The van der Waals surface area contributed by atoms with E-state index in [1.54, 1.807) is 0 Å². The van der Waals surface area contributed by atoms with Gasteiger partial charge in [-0.05, 0) is 43.8 Å². The van der Waals surface area contributed by atoms with Crippen LogP contribution in [0.15, 0.2) is 4.99 Å². The van der Waals surface area contributed by atoms with Crippen molar-refractivity contribution in [2.75, 3.05) is 0 Å². The molecule has 0 N–H and O–H groups in total. The van der Waals surface area contributed by atoms with Crippen LogP contribution < -0.4 is 0 Å². The SMILES string of the molecule is CCCC1CCC(N=C=S)CC1. The molecule has 1 aliphatic carbocycles. The summed E-state index contributed by atoms with van der Waals surface area (Å²) in [5, 5.41) is 2.49. The molecule has 68 valence electrons. The summed E-state index contributed by atoms with van der Waals surface area (Å²) in [6, 6.07) is 0.496. The van der Waals surface area contributed by atoms with Crippen LogP contribution >= 0.6 is 12.2 Å². The van der Waals surface area contributed by atoms with Crippen molar-refractivity contribution in [3.63, 3.8) is 0 Å². The summed E-state index contributed by atoms with van der Waals surface area (Å²) in [6.45, 7) is 2.27. The normalized spacial score (nSPS) is 29.4. The summed E-state index contributed by atoms with van der Waals surface area (Å²) in [5.41, 5.74) is 0. The highest BCUT2D eigenvalue weighted by atomic mass is 32.1. The molecule has 1 saturated carbocycles. The lowest BCUT2D eigenvalue weighted by atomic mass is 9.84. The van der Waals surface area contributed by atoms with E-state index in [0.717, 1.165) is 5.92 Å². The van der Waals surface area contributed by atoms with E-state index in [1.165, 1.54) is 38.5 Å². The van der Waals surface area contributed by atoms with Crippen LogP contribution in [0.3, 0.4) is 0 Å². The number of isothiocyanates is 1. The van der Waals surface area contributed by atoms with Crippen molar-refractivity contribution in [1.82, 2.24) is 0 Å². The molecule has 12 heavy (non-hydrogen) atoms. The molecule has 0 spiro atoms. The van der Waals surface area contributed by atoms with Gasteiger partial charge < -0.3 is 0 Å². The highest BCUT2D eigenvalue weighted by Gasteiger charge is 2.19. The van der Waals surface area contributed by atoms with Crippen molar-refractivity contribution in [3.8, 4) is 0 Å². The van der Waals surface area contributed by atoms with Gasteiger partial charge in [-0.15, -0.1) is 0 Å². The van der Waals surface area contributed by atoms with E-state index in [-0.39, 0.29) is 0 Å². The molecular formula is C10H17NS. The van der Waals surface area contributed by atoms with Crippen LogP contribution in [0.4, 0.5) is 0 Å². The predicted molar refractivity (Wildman–Crippen MR) is 55.7 cm³/mol. The lowest BCUT2D eigenvalue weighted by molar-refractivity contribution is 0.310. The minimum atomic E-state index is 0.496. The molecule has 0 aromatic heterocycles. The fourth-order valence-corrected chi connectivity index (χ4v) is 2.19. The molecule has 0 atom stereocenters. The topological polar surface area (TPSA) is 12.4 Å². The van der Waals surface area contributed by atoms with Crippen LogP contribution in [0.1, 0.15) is 45.4 Å². The molecular weight excluding hydrogens is 166 g/mol. The van der Waals surface area contributed by atoms with Gasteiger partial charge in [-0.3, -0.25) is 0 Å². The first-order valence-electron chi connectivity index (χ1n) is 4.93. The second-order valence-electron chi connectivity index (χ2n) is 3.68. The Balaban J connectivity index is 2.24. The van der Waals surface area contributed by atoms with E-state index in [1.807, 2.05) is 0 Å². The van der Waals surface area contributed by atoms with Gasteiger partial charge in [-0.2, -0.15) is 0 Å². The van der Waals surface area contributed by atoms with Crippen molar-refractivity contribution < 1.29 is 0 Å².